The molecular formula is C16H11Br3N4O2. The van der Waals surface area contributed by atoms with Crippen LogP contribution in [-0.2, 0) is 0 Å². The molecule has 0 aliphatic heterocycles. The highest BCUT2D eigenvalue weighted by Crippen LogP contribution is 2.34. The summed E-state index contributed by atoms with van der Waals surface area (Å²) < 4.78 is 13.7. The third-order valence-electron chi connectivity index (χ3n) is 3.05. The average molecular weight is 531 g/mol. The summed E-state index contributed by atoms with van der Waals surface area (Å²) in [5, 5.41) is 0. The second kappa shape index (κ2) is 8.68. The normalized spacial score (nSPS) is 10.5. The fourth-order valence-electron chi connectivity index (χ4n) is 1.96. The minimum atomic E-state index is 0.295. The van der Waals surface area contributed by atoms with Gasteiger partial charge in [-0.3, -0.25) is 0 Å². The van der Waals surface area contributed by atoms with Crippen molar-refractivity contribution in [2.24, 2.45) is 0 Å². The van der Waals surface area contributed by atoms with Crippen molar-refractivity contribution in [1.29, 1.82) is 0 Å². The van der Waals surface area contributed by atoms with E-state index in [9.17, 15) is 0 Å². The summed E-state index contributed by atoms with van der Waals surface area (Å²) in [6.45, 7) is 0.593. The Morgan fingerprint density at radius 2 is 1.44 bits per heavy atom. The topological polar surface area (TPSA) is 70.0 Å². The predicted molar refractivity (Wildman–Crippen MR) is 104 cm³/mol. The van der Waals surface area contributed by atoms with E-state index in [4.69, 9.17) is 9.47 Å². The van der Waals surface area contributed by atoms with Gasteiger partial charge in [0.05, 0.1) is 10.0 Å². The molecule has 0 aliphatic rings. The predicted octanol–water partition coefficient (Wildman–Crippen LogP) is 4.68. The molecule has 0 amide bonds. The fraction of sp³-hybridized carbons (Fsp3) is 0.125. The van der Waals surface area contributed by atoms with Crippen LogP contribution in [0.1, 0.15) is 0 Å². The smallest absolute Gasteiger partial charge is 0.316 e. The van der Waals surface area contributed by atoms with Crippen LogP contribution in [0.5, 0.6) is 11.9 Å². The Kier molecular flexibility index (Phi) is 6.33. The Labute approximate surface area is 169 Å². The van der Waals surface area contributed by atoms with Gasteiger partial charge in [-0.2, -0.15) is 0 Å². The van der Waals surface area contributed by atoms with E-state index in [1.165, 1.54) is 6.33 Å². The van der Waals surface area contributed by atoms with Gasteiger partial charge in [-0.1, -0.05) is 28.1 Å². The van der Waals surface area contributed by atoms with Crippen LogP contribution < -0.4 is 9.47 Å². The van der Waals surface area contributed by atoms with Gasteiger partial charge >= 0.3 is 6.01 Å². The van der Waals surface area contributed by atoms with Gasteiger partial charge in [0.15, 0.2) is 0 Å². The van der Waals surface area contributed by atoms with E-state index in [0.29, 0.717) is 29.7 Å². The fourth-order valence-corrected chi connectivity index (χ4v) is 2.92. The van der Waals surface area contributed by atoms with Crippen LogP contribution in [0.3, 0.4) is 0 Å². The number of halogens is 3. The van der Waals surface area contributed by atoms with Crippen molar-refractivity contribution in [1.82, 2.24) is 19.9 Å². The van der Waals surface area contributed by atoms with Crippen LogP contribution in [0.15, 0.2) is 56.5 Å². The molecule has 6 nitrogen and oxygen atoms in total. The van der Waals surface area contributed by atoms with Crippen LogP contribution in [0, 0.1) is 0 Å². The van der Waals surface area contributed by atoms with Gasteiger partial charge in [0, 0.05) is 16.9 Å². The molecule has 0 radical (unpaired) electrons. The molecule has 0 saturated heterocycles. The Morgan fingerprint density at radius 1 is 0.760 bits per heavy atom. The first-order valence-corrected chi connectivity index (χ1v) is 9.51. The van der Waals surface area contributed by atoms with E-state index in [1.54, 1.807) is 12.4 Å². The lowest BCUT2D eigenvalue weighted by molar-refractivity contribution is 0.201. The Hall–Kier alpha value is -1.58. The van der Waals surface area contributed by atoms with E-state index >= 15 is 0 Å². The summed E-state index contributed by atoms with van der Waals surface area (Å²) in [7, 11) is 0. The maximum Gasteiger partial charge on any atom is 0.316 e. The minimum absolute atomic E-state index is 0.295. The number of hydrogen-bond acceptors (Lipinski definition) is 6. The molecule has 0 fully saturated rings. The SMILES string of the molecule is Brc1ccc(-c2c(Br)ncnc2OCCOc2ncc(Br)cn2)cc1. The molecule has 3 aromatic rings. The second-order valence-corrected chi connectivity index (χ2v) is 7.31. The highest BCUT2D eigenvalue weighted by atomic mass is 79.9. The van der Waals surface area contributed by atoms with E-state index in [0.717, 1.165) is 20.1 Å². The van der Waals surface area contributed by atoms with Crippen LogP contribution in [0.25, 0.3) is 11.1 Å². The first kappa shape index (κ1) is 18.2. The van der Waals surface area contributed by atoms with Crippen molar-refractivity contribution in [3.63, 3.8) is 0 Å². The van der Waals surface area contributed by atoms with Crippen molar-refractivity contribution in [3.8, 4) is 23.0 Å². The number of hydrogen-bond donors (Lipinski definition) is 0. The van der Waals surface area contributed by atoms with Crippen LogP contribution in [-0.4, -0.2) is 33.1 Å². The monoisotopic (exact) mass is 528 g/mol. The lowest BCUT2D eigenvalue weighted by Gasteiger charge is -2.12. The quantitative estimate of drug-likeness (QED) is 0.340. The van der Waals surface area contributed by atoms with E-state index in [1.807, 2.05) is 24.3 Å². The summed E-state index contributed by atoms with van der Waals surface area (Å²) in [5.41, 5.74) is 1.73. The highest BCUT2D eigenvalue weighted by Gasteiger charge is 2.13. The second-order valence-electron chi connectivity index (χ2n) is 4.73. The summed E-state index contributed by atoms with van der Waals surface area (Å²) in [5.74, 6) is 0.476. The van der Waals surface area contributed by atoms with Gasteiger partial charge in [0.25, 0.3) is 0 Å². The van der Waals surface area contributed by atoms with Gasteiger partial charge < -0.3 is 9.47 Å². The summed E-state index contributed by atoms with van der Waals surface area (Å²) in [6.07, 6.45) is 4.69. The van der Waals surface area contributed by atoms with Crippen LogP contribution in [0.2, 0.25) is 0 Å². The highest BCUT2D eigenvalue weighted by molar-refractivity contribution is 9.11. The van der Waals surface area contributed by atoms with Crippen LogP contribution in [0.4, 0.5) is 0 Å². The molecule has 128 valence electrons. The zero-order chi connectivity index (χ0) is 17.6. The molecule has 0 bridgehead atoms. The van der Waals surface area contributed by atoms with Gasteiger partial charge in [-0.15, -0.1) is 0 Å². The first-order valence-electron chi connectivity index (χ1n) is 7.13. The minimum Gasteiger partial charge on any atom is -0.473 e. The molecule has 2 heterocycles. The lowest BCUT2D eigenvalue weighted by atomic mass is 10.1. The molecule has 0 unspecified atom stereocenters. The van der Waals surface area contributed by atoms with E-state index in [2.05, 4.69) is 67.7 Å². The molecule has 0 atom stereocenters. The van der Waals surface area contributed by atoms with Crippen LogP contribution >= 0.6 is 47.8 Å². The number of nitrogens with zero attached hydrogens (tertiary/aromatic N) is 4. The maximum absolute atomic E-state index is 5.77. The van der Waals surface area contributed by atoms with Gasteiger partial charge in [-0.05, 0) is 49.6 Å². The number of benzene rings is 1. The van der Waals surface area contributed by atoms with Crippen molar-refractivity contribution >= 4 is 47.8 Å². The molecule has 0 aliphatic carbocycles. The molecule has 9 heteroatoms. The number of ether oxygens (including phenoxy) is 2. The number of aromatic nitrogens is 4. The summed E-state index contributed by atoms with van der Waals surface area (Å²) in [4.78, 5) is 16.5. The third kappa shape index (κ3) is 4.96. The van der Waals surface area contributed by atoms with Crippen molar-refractivity contribution in [3.05, 3.63) is 56.5 Å². The Morgan fingerprint density at radius 3 is 2.16 bits per heavy atom. The van der Waals surface area contributed by atoms with Crippen molar-refractivity contribution < 1.29 is 9.47 Å². The summed E-state index contributed by atoms with van der Waals surface area (Å²) >= 11 is 10.2. The number of rotatable bonds is 6. The third-order valence-corrected chi connectivity index (χ3v) is 4.59. The lowest BCUT2D eigenvalue weighted by Crippen LogP contribution is -2.12. The largest absolute Gasteiger partial charge is 0.473 e. The molecule has 1 aromatic carbocycles. The molecular weight excluding hydrogens is 520 g/mol. The maximum atomic E-state index is 5.77. The van der Waals surface area contributed by atoms with Crippen molar-refractivity contribution in [2.45, 2.75) is 0 Å². The van der Waals surface area contributed by atoms with E-state index < -0.39 is 0 Å². The zero-order valence-corrected chi connectivity index (χ0v) is 17.5. The molecule has 25 heavy (non-hydrogen) atoms. The van der Waals surface area contributed by atoms with Crippen molar-refractivity contribution in [2.75, 3.05) is 13.2 Å². The Balaban J connectivity index is 1.67. The standard InChI is InChI=1S/C16H11Br3N4O2/c17-11-3-1-10(2-4-11)13-14(19)22-9-23-15(13)24-5-6-25-16-20-7-12(18)8-21-16/h1-4,7-9H,5-6H2. The van der Waals surface area contributed by atoms with Gasteiger partial charge in [0.1, 0.15) is 24.1 Å². The van der Waals surface area contributed by atoms with Gasteiger partial charge in [0.2, 0.25) is 5.88 Å². The zero-order valence-electron chi connectivity index (χ0n) is 12.7. The molecule has 0 N–H and O–H groups in total. The van der Waals surface area contributed by atoms with E-state index in [-0.39, 0.29) is 0 Å². The molecule has 3 rings (SSSR count). The molecule has 0 saturated carbocycles. The Bertz CT molecular complexity index is 845. The van der Waals surface area contributed by atoms with Gasteiger partial charge in [-0.25, -0.2) is 19.9 Å². The first-order chi connectivity index (χ1) is 12.1. The molecule has 2 aromatic heterocycles. The average Bonchev–Trinajstić information content (AvgIpc) is 2.61. The summed E-state index contributed by atoms with van der Waals surface area (Å²) in [6, 6.07) is 8.13. The molecule has 0 spiro atoms.